The molecular formula is C20H29N3O2. The third-order valence-electron chi connectivity index (χ3n) is 5.44. The topological polar surface area (TPSA) is 52.7 Å². The van der Waals surface area contributed by atoms with Crippen molar-refractivity contribution < 1.29 is 9.59 Å². The van der Waals surface area contributed by atoms with Crippen LogP contribution >= 0.6 is 0 Å². The predicted molar refractivity (Wildman–Crippen MR) is 98.0 cm³/mol. The summed E-state index contributed by atoms with van der Waals surface area (Å²) in [6.07, 6.45) is 5.87. The second-order valence-corrected chi connectivity index (χ2v) is 7.20. The van der Waals surface area contributed by atoms with Crippen LogP contribution in [0.3, 0.4) is 0 Å². The molecule has 2 fully saturated rings. The number of nitrogens with one attached hydrogen (secondary N) is 1. The van der Waals surface area contributed by atoms with Crippen LogP contribution < -0.4 is 5.32 Å². The molecule has 1 heterocycles. The number of piperazine rings is 1. The van der Waals surface area contributed by atoms with Crippen LogP contribution in [0.2, 0.25) is 0 Å². The second kappa shape index (κ2) is 8.48. The molecule has 1 aromatic rings. The molecule has 0 spiro atoms. The van der Waals surface area contributed by atoms with Gasteiger partial charge >= 0.3 is 0 Å². The molecule has 0 aromatic heterocycles. The van der Waals surface area contributed by atoms with E-state index in [0.717, 1.165) is 31.5 Å². The number of carbonyl (C=O) groups excluding carboxylic acids is 2. The Morgan fingerprint density at radius 2 is 1.64 bits per heavy atom. The van der Waals surface area contributed by atoms with Gasteiger partial charge in [0.2, 0.25) is 11.8 Å². The molecule has 0 bridgehead atoms. The number of hydrogen-bond acceptors (Lipinski definition) is 3. The van der Waals surface area contributed by atoms with E-state index in [1.54, 1.807) is 6.92 Å². The summed E-state index contributed by atoms with van der Waals surface area (Å²) < 4.78 is 0. The molecule has 5 nitrogen and oxygen atoms in total. The Morgan fingerprint density at radius 1 is 1.00 bits per heavy atom. The highest BCUT2D eigenvalue weighted by molar-refractivity contribution is 5.83. The molecule has 136 valence electrons. The largest absolute Gasteiger partial charge is 0.352 e. The third-order valence-corrected chi connectivity index (χ3v) is 5.44. The average molecular weight is 343 g/mol. The SMILES string of the molecule is CC(=O)N1CCN(C(C(=O)NC2CCCCC2)c2ccccc2)CC1. The molecule has 1 aromatic carbocycles. The number of benzene rings is 1. The summed E-state index contributed by atoms with van der Waals surface area (Å²) in [5, 5.41) is 3.29. The summed E-state index contributed by atoms with van der Waals surface area (Å²) in [4.78, 5) is 28.7. The molecular weight excluding hydrogens is 314 g/mol. The van der Waals surface area contributed by atoms with Gasteiger partial charge in [-0.25, -0.2) is 0 Å². The minimum Gasteiger partial charge on any atom is -0.352 e. The van der Waals surface area contributed by atoms with Crippen molar-refractivity contribution >= 4 is 11.8 Å². The first-order valence-electron chi connectivity index (χ1n) is 9.50. The maximum absolute atomic E-state index is 13.1. The molecule has 2 aliphatic rings. The molecule has 1 saturated heterocycles. The average Bonchev–Trinajstić information content (AvgIpc) is 2.64. The second-order valence-electron chi connectivity index (χ2n) is 7.20. The number of hydrogen-bond donors (Lipinski definition) is 1. The standard InChI is InChI=1S/C20H29N3O2/c1-16(24)22-12-14-23(15-13-22)19(17-8-4-2-5-9-17)20(25)21-18-10-6-3-7-11-18/h2,4-5,8-9,18-19H,3,6-7,10-15H2,1H3,(H,21,25). The van der Waals surface area contributed by atoms with E-state index in [2.05, 4.69) is 10.2 Å². The van der Waals surface area contributed by atoms with Gasteiger partial charge in [-0.05, 0) is 18.4 Å². The van der Waals surface area contributed by atoms with Gasteiger partial charge in [-0.3, -0.25) is 14.5 Å². The Morgan fingerprint density at radius 3 is 2.24 bits per heavy atom. The van der Waals surface area contributed by atoms with E-state index in [9.17, 15) is 9.59 Å². The lowest BCUT2D eigenvalue weighted by Gasteiger charge is -2.39. The van der Waals surface area contributed by atoms with Crippen molar-refractivity contribution in [3.05, 3.63) is 35.9 Å². The van der Waals surface area contributed by atoms with E-state index >= 15 is 0 Å². The van der Waals surface area contributed by atoms with Crippen molar-refractivity contribution in [2.24, 2.45) is 0 Å². The molecule has 3 rings (SSSR count). The molecule has 1 aliphatic carbocycles. The van der Waals surface area contributed by atoms with E-state index < -0.39 is 0 Å². The quantitative estimate of drug-likeness (QED) is 0.913. The summed E-state index contributed by atoms with van der Waals surface area (Å²) in [5.74, 6) is 0.219. The van der Waals surface area contributed by atoms with Crippen molar-refractivity contribution in [1.29, 1.82) is 0 Å². The molecule has 25 heavy (non-hydrogen) atoms. The molecule has 1 aliphatic heterocycles. The number of rotatable bonds is 4. The van der Waals surface area contributed by atoms with Gasteiger partial charge in [0.05, 0.1) is 0 Å². The lowest BCUT2D eigenvalue weighted by atomic mass is 9.94. The monoisotopic (exact) mass is 343 g/mol. The van der Waals surface area contributed by atoms with Crippen LogP contribution in [0.25, 0.3) is 0 Å². The number of nitrogens with zero attached hydrogens (tertiary/aromatic N) is 2. The Hall–Kier alpha value is -1.88. The summed E-state index contributed by atoms with van der Waals surface area (Å²) in [6, 6.07) is 10.1. The zero-order valence-corrected chi connectivity index (χ0v) is 15.1. The maximum Gasteiger partial charge on any atom is 0.242 e. The predicted octanol–water partition coefficient (Wildman–Crippen LogP) is 2.34. The third kappa shape index (κ3) is 4.60. The van der Waals surface area contributed by atoms with Gasteiger partial charge in [0.25, 0.3) is 0 Å². The summed E-state index contributed by atoms with van der Waals surface area (Å²) in [7, 11) is 0. The van der Waals surface area contributed by atoms with Gasteiger partial charge in [-0.15, -0.1) is 0 Å². The van der Waals surface area contributed by atoms with E-state index in [1.807, 2.05) is 35.2 Å². The van der Waals surface area contributed by atoms with Gasteiger partial charge < -0.3 is 10.2 Å². The van der Waals surface area contributed by atoms with Gasteiger partial charge in [0.1, 0.15) is 6.04 Å². The van der Waals surface area contributed by atoms with Crippen LogP contribution in [0.15, 0.2) is 30.3 Å². The fourth-order valence-corrected chi connectivity index (χ4v) is 3.99. The molecule has 1 unspecified atom stereocenters. The Balaban J connectivity index is 1.71. The minimum absolute atomic E-state index is 0.106. The van der Waals surface area contributed by atoms with Crippen molar-refractivity contribution in [2.75, 3.05) is 26.2 Å². The zero-order chi connectivity index (χ0) is 17.6. The molecule has 1 atom stereocenters. The number of amides is 2. The summed E-state index contributed by atoms with van der Waals surface area (Å²) >= 11 is 0. The van der Waals surface area contributed by atoms with E-state index in [4.69, 9.17) is 0 Å². The molecule has 1 N–H and O–H groups in total. The Bertz CT molecular complexity index is 576. The lowest BCUT2D eigenvalue weighted by molar-refractivity contribution is -0.133. The smallest absolute Gasteiger partial charge is 0.242 e. The highest BCUT2D eigenvalue weighted by Gasteiger charge is 2.32. The van der Waals surface area contributed by atoms with Crippen LogP contribution in [0.1, 0.15) is 50.6 Å². The highest BCUT2D eigenvalue weighted by Crippen LogP contribution is 2.24. The van der Waals surface area contributed by atoms with E-state index in [1.165, 1.54) is 19.3 Å². The highest BCUT2D eigenvalue weighted by atomic mass is 16.2. The van der Waals surface area contributed by atoms with E-state index in [-0.39, 0.29) is 17.9 Å². The van der Waals surface area contributed by atoms with Gasteiger partial charge in [0, 0.05) is 39.1 Å². The first kappa shape index (κ1) is 17.9. The fraction of sp³-hybridized carbons (Fsp3) is 0.600. The Kier molecular flexibility index (Phi) is 6.08. The van der Waals surface area contributed by atoms with Crippen molar-refractivity contribution in [3.8, 4) is 0 Å². The van der Waals surface area contributed by atoms with Gasteiger partial charge in [-0.1, -0.05) is 49.6 Å². The van der Waals surface area contributed by atoms with Crippen molar-refractivity contribution in [3.63, 3.8) is 0 Å². The van der Waals surface area contributed by atoms with Crippen molar-refractivity contribution in [1.82, 2.24) is 15.1 Å². The molecule has 0 radical (unpaired) electrons. The molecule has 5 heteroatoms. The first-order valence-corrected chi connectivity index (χ1v) is 9.50. The van der Waals surface area contributed by atoms with Crippen LogP contribution in [-0.4, -0.2) is 53.8 Å². The van der Waals surface area contributed by atoms with Crippen LogP contribution in [-0.2, 0) is 9.59 Å². The van der Waals surface area contributed by atoms with Gasteiger partial charge in [0.15, 0.2) is 0 Å². The summed E-state index contributed by atoms with van der Waals surface area (Å²) in [5.41, 5.74) is 1.03. The fourth-order valence-electron chi connectivity index (χ4n) is 3.99. The van der Waals surface area contributed by atoms with Crippen LogP contribution in [0, 0.1) is 0 Å². The van der Waals surface area contributed by atoms with Gasteiger partial charge in [-0.2, -0.15) is 0 Å². The molecule has 1 saturated carbocycles. The normalized spacial score (nSPS) is 20.9. The van der Waals surface area contributed by atoms with Crippen LogP contribution in [0.5, 0.6) is 0 Å². The van der Waals surface area contributed by atoms with Crippen molar-refractivity contribution in [2.45, 2.75) is 51.1 Å². The lowest BCUT2D eigenvalue weighted by Crippen LogP contribution is -2.53. The number of carbonyl (C=O) groups is 2. The minimum atomic E-state index is -0.266. The maximum atomic E-state index is 13.1. The first-order chi connectivity index (χ1) is 12.1. The summed E-state index contributed by atoms with van der Waals surface area (Å²) in [6.45, 7) is 4.46. The molecule has 2 amide bonds. The van der Waals surface area contributed by atoms with Crippen LogP contribution in [0.4, 0.5) is 0 Å². The zero-order valence-electron chi connectivity index (χ0n) is 15.1. The Labute approximate surface area is 150 Å². The van der Waals surface area contributed by atoms with E-state index in [0.29, 0.717) is 19.1 Å².